The number of likely N-dealkylation sites (N-methyl/N-ethyl adjacent to an activating group) is 1. The summed E-state index contributed by atoms with van der Waals surface area (Å²) < 4.78 is 41.5. The van der Waals surface area contributed by atoms with Crippen molar-refractivity contribution in [1.82, 2.24) is 4.90 Å². The second kappa shape index (κ2) is 7.20. The number of aryl methyl sites for hydroxylation is 1. The Labute approximate surface area is 128 Å². The third kappa shape index (κ3) is 4.39. The van der Waals surface area contributed by atoms with Gasteiger partial charge in [0.1, 0.15) is 10.7 Å². The van der Waals surface area contributed by atoms with Crippen LogP contribution >= 0.6 is 10.7 Å². The Morgan fingerprint density at radius 2 is 2.05 bits per heavy atom. The van der Waals surface area contributed by atoms with Gasteiger partial charge in [0, 0.05) is 36.4 Å². The molecule has 118 valence electrons. The SMILES string of the molecule is CCN(CCOC)C(=O)c1cc(C)c(F)c(S(=O)(=O)Cl)c1. The van der Waals surface area contributed by atoms with Crippen LogP contribution in [0, 0.1) is 12.7 Å². The maximum atomic E-state index is 13.8. The van der Waals surface area contributed by atoms with Crippen LogP contribution in [0.15, 0.2) is 17.0 Å². The van der Waals surface area contributed by atoms with Gasteiger partial charge >= 0.3 is 0 Å². The molecular weight excluding hydrogens is 321 g/mol. The molecule has 0 aliphatic carbocycles. The first kappa shape index (κ1) is 17.9. The summed E-state index contributed by atoms with van der Waals surface area (Å²) in [5.74, 6) is -1.35. The van der Waals surface area contributed by atoms with E-state index in [-0.39, 0.29) is 11.1 Å². The molecular formula is C13H17ClFNO4S. The predicted molar refractivity (Wildman–Crippen MR) is 77.6 cm³/mol. The Morgan fingerprint density at radius 3 is 2.52 bits per heavy atom. The molecule has 1 amide bonds. The summed E-state index contributed by atoms with van der Waals surface area (Å²) in [6.07, 6.45) is 0. The van der Waals surface area contributed by atoms with Gasteiger partial charge in [-0.1, -0.05) is 0 Å². The molecule has 0 saturated heterocycles. The summed E-state index contributed by atoms with van der Waals surface area (Å²) in [5, 5.41) is 0. The van der Waals surface area contributed by atoms with E-state index in [0.717, 1.165) is 6.07 Å². The number of hydrogen-bond donors (Lipinski definition) is 0. The summed E-state index contributed by atoms with van der Waals surface area (Å²) >= 11 is 0. The standard InChI is InChI=1S/C13H17ClFNO4S/c1-4-16(5-6-20-3)13(17)10-7-9(2)12(15)11(8-10)21(14,18)19/h7-8H,4-6H2,1-3H3. The highest BCUT2D eigenvalue weighted by Crippen LogP contribution is 2.24. The van der Waals surface area contributed by atoms with Crippen molar-refractivity contribution in [1.29, 1.82) is 0 Å². The Hall–Kier alpha value is -1.18. The molecule has 0 atom stereocenters. The number of ether oxygens (including phenoxy) is 1. The van der Waals surface area contributed by atoms with E-state index < -0.39 is 25.7 Å². The zero-order valence-corrected chi connectivity index (χ0v) is 13.6. The molecule has 0 fully saturated rings. The van der Waals surface area contributed by atoms with Crippen molar-refractivity contribution >= 4 is 25.6 Å². The van der Waals surface area contributed by atoms with E-state index >= 15 is 0 Å². The Morgan fingerprint density at radius 1 is 1.43 bits per heavy atom. The smallest absolute Gasteiger partial charge is 0.264 e. The normalized spacial score (nSPS) is 11.5. The fourth-order valence-electron chi connectivity index (χ4n) is 1.83. The lowest BCUT2D eigenvalue weighted by Gasteiger charge is -2.21. The van der Waals surface area contributed by atoms with Gasteiger partial charge < -0.3 is 9.64 Å². The number of rotatable bonds is 6. The molecule has 1 rings (SSSR count). The molecule has 0 spiro atoms. The molecule has 1 aromatic rings. The van der Waals surface area contributed by atoms with Gasteiger partial charge in [0.05, 0.1) is 6.61 Å². The zero-order chi connectivity index (χ0) is 16.2. The summed E-state index contributed by atoms with van der Waals surface area (Å²) in [6.45, 7) is 4.28. The van der Waals surface area contributed by atoms with Crippen LogP contribution < -0.4 is 0 Å². The van der Waals surface area contributed by atoms with Crippen molar-refractivity contribution in [3.63, 3.8) is 0 Å². The average Bonchev–Trinajstić information content (AvgIpc) is 2.40. The molecule has 0 unspecified atom stereocenters. The third-order valence-corrected chi connectivity index (χ3v) is 4.29. The molecule has 1 aromatic carbocycles. The minimum Gasteiger partial charge on any atom is -0.383 e. The van der Waals surface area contributed by atoms with E-state index in [0.29, 0.717) is 19.7 Å². The number of benzene rings is 1. The van der Waals surface area contributed by atoms with Gasteiger partial charge in [0.25, 0.3) is 15.0 Å². The number of amides is 1. The molecule has 0 saturated carbocycles. The lowest BCUT2D eigenvalue weighted by molar-refractivity contribution is 0.0706. The quantitative estimate of drug-likeness (QED) is 0.746. The van der Waals surface area contributed by atoms with Gasteiger partial charge in [-0.3, -0.25) is 4.79 Å². The van der Waals surface area contributed by atoms with Crippen LogP contribution in [-0.4, -0.2) is 46.0 Å². The van der Waals surface area contributed by atoms with Crippen molar-refractivity contribution in [2.45, 2.75) is 18.7 Å². The largest absolute Gasteiger partial charge is 0.383 e. The molecule has 0 aromatic heterocycles. The maximum absolute atomic E-state index is 13.8. The number of carbonyl (C=O) groups excluding carboxylic acids is 1. The number of carbonyl (C=O) groups is 1. The van der Waals surface area contributed by atoms with Gasteiger partial charge in [-0.05, 0) is 31.5 Å². The third-order valence-electron chi connectivity index (χ3n) is 2.97. The number of halogens is 2. The molecule has 5 nitrogen and oxygen atoms in total. The molecule has 0 aliphatic rings. The number of hydrogen-bond acceptors (Lipinski definition) is 4. The van der Waals surface area contributed by atoms with Crippen LogP contribution in [0.25, 0.3) is 0 Å². The first-order valence-corrected chi connectivity index (χ1v) is 8.56. The van der Waals surface area contributed by atoms with E-state index in [1.165, 1.54) is 25.0 Å². The summed E-state index contributed by atoms with van der Waals surface area (Å²) in [4.78, 5) is 13.1. The highest BCUT2D eigenvalue weighted by molar-refractivity contribution is 8.13. The van der Waals surface area contributed by atoms with Crippen molar-refractivity contribution in [2.24, 2.45) is 0 Å². The van der Waals surface area contributed by atoms with Crippen molar-refractivity contribution in [3.05, 3.63) is 29.1 Å². The molecule has 21 heavy (non-hydrogen) atoms. The molecule has 8 heteroatoms. The fourth-order valence-corrected chi connectivity index (χ4v) is 2.81. The minimum absolute atomic E-state index is 0.0443. The summed E-state index contributed by atoms with van der Waals surface area (Å²) in [5.41, 5.74) is 0.119. The second-order valence-corrected chi connectivity index (χ2v) is 6.96. The van der Waals surface area contributed by atoms with E-state index in [1.807, 2.05) is 0 Å². The maximum Gasteiger partial charge on any atom is 0.264 e. The average molecular weight is 338 g/mol. The molecule has 0 N–H and O–H groups in total. The van der Waals surface area contributed by atoms with Crippen LogP contribution in [-0.2, 0) is 13.8 Å². The molecule has 0 heterocycles. The van der Waals surface area contributed by atoms with Gasteiger partial charge in [-0.15, -0.1) is 0 Å². The lowest BCUT2D eigenvalue weighted by atomic mass is 10.1. The van der Waals surface area contributed by atoms with Crippen LogP contribution in [0.1, 0.15) is 22.8 Å². The fraction of sp³-hybridized carbons (Fsp3) is 0.462. The molecule has 0 aliphatic heterocycles. The van der Waals surface area contributed by atoms with Crippen molar-refractivity contribution < 1.29 is 22.3 Å². The predicted octanol–water partition coefficient (Wildman–Crippen LogP) is 2.17. The van der Waals surface area contributed by atoms with Crippen molar-refractivity contribution in [3.8, 4) is 0 Å². The molecule has 0 radical (unpaired) electrons. The van der Waals surface area contributed by atoms with E-state index in [9.17, 15) is 17.6 Å². The first-order valence-electron chi connectivity index (χ1n) is 6.25. The number of methoxy groups -OCH3 is 1. The highest BCUT2D eigenvalue weighted by atomic mass is 35.7. The summed E-state index contributed by atoms with van der Waals surface area (Å²) in [6, 6.07) is 2.27. The van der Waals surface area contributed by atoms with Crippen LogP contribution in [0.4, 0.5) is 4.39 Å². The van der Waals surface area contributed by atoms with Gasteiger partial charge in [-0.25, -0.2) is 12.8 Å². The Balaban J connectivity index is 3.25. The van der Waals surface area contributed by atoms with Crippen molar-refractivity contribution in [2.75, 3.05) is 26.8 Å². The highest BCUT2D eigenvalue weighted by Gasteiger charge is 2.23. The first-order chi connectivity index (χ1) is 9.72. The topological polar surface area (TPSA) is 63.7 Å². The van der Waals surface area contributed by atoms with Gasteiger partial charge in [0.2, 0.25) is 0 Å². The van der Waals surface area contributed by atoms with Gasteiger partial charge in [-0.2, -0.15) is 0 Å². The van der Waals surface area contributed by atoms with E-state index in [2.05, 4.69) is 0 Å². The zero-order valence-electron chi connectivity index (χ0n) is 12.0. The van der Waals surface area contributed by atoms with Crippen LogP contribution in [0.5, 0.6) is 0 Å². The Bertz CT molecular complexity index is 633. The van der Waals surface area contributed by atoms with Gasteiger partial charge in [0.15, 0.2) is 0 Å². The van der Waals surface area contributed by atoms with Crippen LogP contribution in [0.3, 0.4) is 0 Å². The summed E-state index contributed by atoms with van der Waals surface area (Å²) in [7, 11) is 2.45. The lowest BCUT2D eigenvalue weighted by Crippen LogP contribution is -2.33. The number of nitrogens with zero attached hydrogens (tertiary/aromatic N) is 1. The monoisotopic (exact) mass is 337 g/mol. The van der Waals surface area contributed by atoms with E-state index in [1.54, 1.807) is 6.92 Å². The van der Waals surface area contributed by atoms with Crippen LogP contribution in [0.2, 0.25) is 0 Å². The molecule has 0 bridgehead atoms. The Kier molecular flexibility index (Phi) is 6.12. The second-order valence-electron chi connectivity index (χ2n) is 4.42. The van der Waals surface area contributed by atoms with E-state index in [4.69, 9.17) is 15.4 Å². The minimum atomic E-state index is -4.26.